The van der Waals surface area contributed by atoms with Crippen LogP contribution >= 0.6 is 11.8 Å². The van der Waals surface area contributed by atoms with E-state index in [9.17, 15) is 9.59 Å². The van der Waals surface area contributed by atoms with Crippen LogP contribution in [-0.4, -0.2) is 42.5 Å². The van der Waals surface area contributed by atoms with Crippen molar-refractivity contribution in [2.75, 3.05) is 23.9 Å². The standard InChI is InChI=1S/C21H23N5O2S/c1-14-6-4-5-7-17(14)26-19(27)12-18(20(26)28)29-21(22)24-23-13-15-8-10-16(11-9-15)25(2)3/h4-11,13,18H,12H2,1-3H3,(H2,22,24)/b23-13+. The van der Waals surface area contributed by atoms with Gasteiger partial charge < -0.3 is 10.6 Å². The highest BCUT2D eigenvalue weighted by Gasteiger charge is 2.41. The van der Waals surface area contributed by atoms with Crippen LogP contribution in [0.1, 0.15) is 17.5 Å². The lowest BCUT2D eigenvalue weighted by atomic mass is 10.2. The van der Waals surface area contributed by atoms with Crippen molar-refractivity contribution in [3.05, 3.63) is 59.7 Å². The fourth-order valence-electron chi connectivity index (χ4n) is 2.94. The Labute approximate surface area is 174 Å². The van der Waals surface area contributed by atoms with Crippen LogP contribution in [0, 0.1) is 6.92 Å². The molecule has 1 fully saturated rings. The van der Waals surface area contributed by atoms with Gasteiger partial charge in [0.15, 0.2) is 5.17 Å². The normalized spacial score (nSPS) is 17.4. The number of para-hydroxylation sites is 1. The second-order valence-corrected chi connectivity index (χ2v) is 8.06. The van der Waals surface area contributed by atoms with Gasteiger partial charge in [-0.25, -0.2) is 4.90 Å². The first-order valence-corrected chi connectivity index (χ1v) is 9.97. The van der Waals surface area contributed by atoms with E-state index in [1.807, 2.05) is 62.3 Å². The first kappa shape index (κ1) is 20.6. The molecule has 7 nitrogen and oxygen atoms in total. The number of hydrogen-bond donors (Lipinski definition) is 1. The highest BCUT2D eigenvalue weighted by atomic mass is 32.2. The fraction of sp³-hybridized carbons (Fsp3) is 0.238. The predicted molar refractivity (Wildman–Crippen MR) is 120 cm³/mol. The molecule has 29 heavy (non-hydrogen) atoms. The molecule has 2 N–H and O–H groups in total. The Morgan fingerprint density at radius 1 is 1.17 bits per heavy atom. The number of nitrogens with zero attached hydrogens (tertiary/aromatic N) is 4. The third kappa shape index (κ3) is 4.83. The molecule has 0 spiro atoms. The molecule has 2 amide bonds. The van der Waals surface area contributed by atoms with Crippen molar-refractivity contribution in [1.82, 2.24) is 0 Å². The van der Waals surface area contributed by atoms with Gasteiger partial charge in [-0.3, -0.25) is 9.59 Å². The van der Waals surface area contributed by atoms with E-state index >= 15 is 0 Å². The van der Waals surface area contributed by atoms with Gasteiger partial charge in [-0.15, -0.1) is 5.10 Å². The molecule has 1 aliphatic heterocycles. The van der Waals surface area contributed by atoms with Crippen molar-refractivity contribution in [3.63, 3.8) is 0 Å². The lowest BCUT2D eigenvalue weighted by Crippen LogP contribution is -2.32. The van der Waals surface area contributed by atoms with Gasteiger partial charge in [0.1, 0.15) is 5.25 Å². The summed E-state index contributed by atoms with van der Waals surface area (Å²) in [4.78, 5) is 28.3. The zero-order chi connectivity index (χ0) is 21.0. The SMILES string of the molecule is Cc1ccccc1N1C(=O)CC(S/C(N)=N/N=C/c2ccc(N(C)C)cc2)C1=O. The summed E-state index contributed by atoms with van der Waals surface area (Å²) in [5, 5.41) is 7.48. The van der Waals surface area contributed by atoms with Crippen LogP contribution in [-0.2, 0) is 9.59 Å². The van der Waals surface area contributed by atoms with E-state index in [1.54, 1.807) is 18.3 Å². The molecular formula is C21H23N5O2S. The summed E-state index contributed by atoms with van der Waals surface area (Å²) in [6.45, 7) is 1.87. The maximum Gasteiger partial charge on any atom is 0.247 e. The topological polar surface area (TPSA) is 91.4 Å². The summed E-state index contributed by atoms with van der Waals surface area (Å²) in [5.41, 5.74) is 9.36. The molecule has 0 bridgehead atoms. The number of carbonyl (C=O) groups excluding carboxylic acids is 2. The number of nitrogens with two attached hydrogens (primary N) is 1. The third-order valence-electron chi connectivity index (χ3n) is 4.50. The molecule has 1 saturated heterocycles. The van der Waals surface area contributed by atoms with Crippen molar-refractivity contribution in [2.24, 2.45) is 15.9 Å². The van der Waals surface area contributed by atoms with E-state index in [0.717, 1.165) is 28.6 Å². The average molecular weight is 410 g/mol. The first-order chi connectivity index (χ1) is 13.9. The molecule has 1 aliphatic rings. The zero-order valence-corrected chi connectivity index (χ0v) is 17.4. The van der Waals surface area contributed by atoms with Crippen molar-refractivity contribution in [2.45, 2.75) is 18.6 Å². The number of rotatable bonds is 5. The van der Waals surface area contributed by atoms with E-state index in [1.165, 1.54) is 4.90 Å². The lowest BCUT2D eigenvalue weighted by Gasteiger charge is -2.16. The summed E-state index contributed by atoms with van der Waals surface area (Å²) < 4.78 is 0. The molecule has 1 heterocycles. The van der Waals surface area contributed by atoms with Crippen molar-refractivity contribution in [1.29, 1.82) is 0 Å². The molecule has 0 aliphatic carbocycles. The number of thioether (sulfide) groups is 1. The molecule has 1 atom stereocenters. The van der Waals surface area contributed by atoms with Crippen LogP contribution in [0.5, 0.6) is 0 Å². The van der Waals surface area contributed by atoms with E-state index in [4.69, 9.17) is 5.73 Å². The largest absolute Gasteiger partial charge is 0.378 e. The predicted octanol–water partition coefficient (Wildman–Crippen LogP) is 2.77. The number of carbonyl (C=O) groups is 2. The quantitative estimate of drug-likeness (QED) is 0.355. The van der Waals surface area contributed by atoms with Gasteiger partial charge in [0.2, 0.25) is 11.8 Å². The van der Waals surface area contributed by atoms with E-state index in [-0.39, 0.29) is 23.4 Å². The Morgan fingerprint density at radius 3 is 2.52 bits per heavy atom. The Kier molecular flexibility index (Phi) is 6.33. The number of imide groups is 1. The van der Waals surface area contributed by atoms with E-state index < -0.39 is 5.25 Å². The van der Waals surface area contributed by atoms with Gasteiger partial charge in [-0.2, -0.15) is 5.10 Å². The van der Waals surface area contributed by atoms with Crippen LogP contribution in [0.3, 0.4) is 0 Å². The molecule has 2 aromatic rings. The Morgan fingerprint density at radius 2 is 1.86 bits per heavy atom. The second-order valence-electron chi connectivity index (χ2n) is 6.83. The van der Waals surface area contributed by atoms with Crippen LogP contribution < -0.4 is 15.5 Å². The van der Waals surface area contributed by atoms with Gasteiger partial charge in [-0.1, -0.05) is 42.1 Å². The summed E-state index contributed by atoms with van der Waals surface area (Å²) in [6.07, 6.45) is 1.68. The van der Waals surface area contributed by atoms with Gasteiger partial charge in [0, 0.05) is 26.2 Å². The molecule has 150 valence electrons. The maximum absolute atomic E-state index is 12.7. The number of hydrogen-bond acceptors (Lipinski definition) is 6. The summed E-state index contributed by atoms with van der Waals surface area (Å²) in [6, 6.07) is 15.1. The monoisotopic (exact) mass is 409 g/mol. The van der Waals surface area contributed by atoms with Gasteiger partial charge >= 0.3 is 0 Å². The van der Waals surface area contributed by atoms with Crippen molar-refractivity contribution < 1.29 is 9.59 Å². The molecular weight excluding hydrogens is 386 g/mol. The lowest BCUT2D eigenvalue weighted by molar-refractivity contribution is -0.121. The van der Waals surface area contributed by atoms with Crippen LogP contribution in [0.15, 0.2) is 58.7 Å². The number of aryl methyl sites for hydroxylation is 1. The van der Waals surface area contributed by atoms with Crippen molar-refractivity contribution in [3.8, 4) is 0 Å². The molecule has 1 unspecified atom stereocenters. The Bertz CT molecular complexity index is 969. The smallest absolute Gasteiger partial charge is 0.247 e. The number of amides is 2. The average Bonchev–Trinajstić information content (AvgIpc) is 2.96. The molecule has 0 saturated carbocycles. The molecule has 3 rings (SSSR count). The van der Waals surface area contributed by atoms with Gasteiger partial charge in [0.25, 0.3) is 0 Å². The fourth-order valence-corrected chi connectivity index (χ4v) is 3.76. The van der Waals surface area contributed by atoms with E-state index in [2.05, 4.69) is 10.2 Å². The Balaban J connectivity index is 1.64. The summed E-state index contributed by atoms with van der Waals surface area (Å²) in [7, 11) is 3.95. The van der Waals surface area contributed by atoms with Crippen molar-refractivity contribution >= 4 is 46.3 Å². The minimum absolute atomic E-state index is 0.0871. The highest BCUT2D eigenvalue weighted by molar-refractivity contribution is 8.14. The number of benzene rings is 2. The van der Waals surface area contributed by atoms with E-state index in [0.29, 0.717) is 5.69 Å². The van der Waals surface area contributed by atoms with Crippen LogP contribution in [0.25, 0.3) is 0 Å². The van der Waals surface area contributed by atoms with Crippen LogP contribution in [0.4, 0.5) is 11.4 Å². The number of amidine groups is 1. The molecule has 0 radical (unpaired) electrons. The second kappa shape index (κ2) is 8.91. The van der Waals surface area contributed by atoms with Crippen LogP contribution in [0.2, 0.25) is 0 Å². The summed E-state index contributed by atoms with van der Waals surface area (Å²) in [5.74, 6) is -0.519. The minimum atomic E-state index is -0.597. The van der Waals surface area contributed by atoms with Gasteiger partial charge in [-0.05, 0) is 36.2 Å². The highest BCUT2D eigenvalue weighted by Crippen LogP contribution is 2.31. The first-order valence-electron chi connectivity index (χ1n) is 9.10. The Hall–Kier alpha value is -3.13. The maximum atomic E-state index is 12.7. The third-order valence-corrected chi connectivity index (χ3v) is 5.47. The molecule has 2 aromatic carbocycles. The molecule has 0 aromatic heterocycles. The molecule has 8 heteroatoms. The minimum Gasteiger partial charge on any atom is -0.378 e. The number of anilines is 2. The summed E-state index contributed by atoms with van der Waals surface area (Å²) >= 11 is 1.06. The van der Waals surface area contributed by atoms with Gasteiger partial charge in [0.05, 0.1) is 11.9 Å². The zero-order valence-electron chi connectivity index (χ0n) is 16.6.